The molecule has 0 saturated carbocycles. The summed E-state index contributed by atoms with van der Waals surface area (Å²) >= 11 is 0. The summed E-state index contributed by atoms with van der Waals surface area (Å²) in [5.41, 5.74) is 0.613. The summed E-state index contributed by atoms with van der Waals surface area (Å²) in [6.45, 7) is 10.9. The van der Waals surface area contributed by atoms with E-state index in [9.17, 15) is 4.79 Å². The van der Waals surface area contributed by atoms with Gasteiger partial charge >= 0.3 is 6.09 Å². The van der Waals surface area contributed by atoms with Crippen LogP contribution in [-0.4, -0.2) is 24.3 Å². The van der Waals surface area contributed by atoms with Crippen molar-refractivity contribution in [1.82, 2.24) is 10.6 Å². The lowest BCUT2D eigenvalue weighted by atomic mass is 10.0. The maximum absolute atomic E-state index is 12.1. The van der Waals surface area contributed by atoms with Crippen LogP contribution < -0.4 is 10.6 Å². The minimum absolute atomic E-state index is 0.0487. The van der Waals surface area contributed by atoms with Crippen molar-refractivity contribution in [1.29, 1.82) is 0 Å². The van der Waals surface area contributed by atoms with E-state index in [1.54, 1.807) is 0 Å². The third-order valence-electron chi connectivity index (χ3n) is 3.54. The number of alkyl carbamates (subject to hydrolysis) is 1. The molecule has 130 valence electrons. The van der Waals surface area contributed by atoms with Crippen LogP contribution in [0.5, 0.6) is 0 Å². The second kappa shape index (κ2) is 9.56. The summed E-state index contributed by atoms with van der Waals surface area (Å²) in [6, 6.07) is 10.5. The largest absolute Gasteiger partial charge is 0.444 e. The Morgan fingerprint density at radius 3 is 2.39 bits per heavy atom. The van der Waals surface area contributed by atoms with Gasteiger partial charge in [0.25, 0.3) is 0 Å². The van der Waals surface area contributed by atoms with Crippen molar-refractivity contribution < 1.29 is 9.53 Å². The molecule has 0 bridgehead atoms. The zero-order valence-corrected chi connectivity index (χ0v) is 15.2. The number of amides is 1. The number of hydrogen-bond acceptors (Lipinski definition) is 3. The third-order valence-corrected chi connectivity index (χ3v) is 3.54. The molecule has 23 heavy (non-hydrogen) atoms. The molecular weight excluding hydrogens is 288 g/mol. The second-order valence-corrected chi connectivity index (χ2v) is 7.04. The number of nitrogens with one attached hydrogen (secondary N) is 2. The van der Waals surface area contributed by atoms with E-state index >= 15 is 0 Å². The zero-order valence-electron chi connectivity index (χ0n) is 15.2. The van der Waals surface area contributed by atoms with Gasteiger partial charge in [-0.2, -0.15) is 0 Å². The SMILES string of the molecule is CCCC(C)NCCC(NC(=O)OC(C)(C)C)c1ccccc1. The van der Waals surface area contributed by atoms with E-state index < -0.39 is 5.60 Å². The van der Waals surface area contributed by atoms with Crippen molar-refractivity contribution in [3.63, 3.8) is 0 Å². The molecule has 0 saturated heterocycles. The fraction of sp³-hybridized carbons (Fsp3) is 0.632. The second-order valence-electron chi connectivity index (χ2n) is 7.04. The predicted molar refractivity (Wildman–Crippen MR) is 95.5 cm³/mol. The first kappa shape index (κ1) is 19.5. The van der Waals surface area contributed by atoms with Crippen molar-refractivity contribution in [2.45, 2.75) is 71.6 Å². The van der Waals surface area contributed by atoms with Crippen LogP contribution in [0.15, 0.2) is 30.3 Å². The summed E-state index contributed by atoms with van der Waals surface area (Å²) in [6.07, 6.45) is 2.80. The van der Waals surface area contributed by atoms with Gasteiger partial charge in [0, 0.05) is 6.04 Å². The maximum Gasteiger partial charge on any atom is 0.408 e. The lowest BCUT2D eigenvalue weighted by Crippen LogP contribution is -2.37. The first-order chi connectivity index (χ1) is 10.8. The van der Waals surface area contributed by atoms with Gasteiger partial charge in [0.1, 0.15) is 5.60 Å². The number of hydrogen-bond donors (Lipinski definition) is 2. The molecule has 0 aromatic heterocycles. The van der Waals surface area contributed by atoms with E-state index in [1.807, 2.05) is 51.1 Å². The first-order valence-corrected chi connectivity index (χ1v) is 8.59. The Morgan fingerprint density at radius 1 is 1.17 bits per heavy atom. The summed E-state index contributed by atoms with van der Waals surface area (Å²) in [5.74, 6) is 0. The average Bonchev–Trinajstić information content (AvgIpc) is 2.45. The zero-order chi connectivity index (χ0) is 17.3. The molecule has 0 aliphatic rings. The van der Waals surface area contributed by atoms with Crippen LogP contribution in [0, 0.1) is 0 Å². The van der Waals surface area contributed by atoms with E-state index in [1.165, 1.54) is 6.42 Å². The molecule has 0 aliphatic carbocycles. The van der Waals surface area contributed by atoms with Crippen molar-refractivity contribution >= 4 is 6.09 Å². The topological polar surface area (TPSA) is 50.4 Å². The number of carbonyl (C=O) groups is 1. The minimum Gasteiger partial charge on any atom is -0.444 e. The third kappa shape index (κ3) is 8.60. The molecule has 1 amide bonds. The molecule has 4 heteroatoms. The van der Waals surface area contributed by atoms with Gasteiger partial charge in [-0.05, 0) is 52.6 Å². The fourth-order valence-corrected chi connectivity index (χ4v) is 2.47. The van der Waals surface area contributed by atoms with E-state index in [2.05, 4.69) is 24.5 Å². The van der Waals surface area contributed by atoms with Gasteiger partial charge in [0.15, 0.2) is 0 Å². The van der Waals surface area contributed by atoms with Crippen LogP contribution >= 0.6 is 0 Å². The molecule has 0 aliphatic heterocycles. The summed E-state index contributed by atoms with van der Waals surface area (Å²) in [4.78, 5) is 12.1. The molecule has 0 spiro atoms. The van der Waals surface area contributed by atoms with Crippen molar-refractivity contribution in [3.05, 3.63) is 35.9 Å². The van der Waals surface area contributed by atoms with E-state index in [-0.39, 0.29) is 12.1 Å². The van der Waals surface area contributed by atoms with Gasteiger partial charge in [0.2, 0.25) is 0 Å². The van der Waals surface area contributed by atoms with E-state index in [0.29, 0.717) is 6.04 Å². The Hall–Kier alpha value is -1.55. The van der Waals surface area contributed by atoms with Crippen LogP contribution in [0.4, 0.5) is 4.79 Å². The van der Waals surface area contributed by atoms with Crippen LogP contribution in [0.3, 0.4) is 0 Å². The van der Waals surface area contributed by atoms with Crippen molar-refractivity contribution in [3.8, 4) is 0 Å². The monoisotopic (exact) mass is 320 g/mol. The fourth-order valence-electron chi connectivity index (χ4n) is 2.47. The molecule has 1 aromatic rings. The molecule has 4 nitrogen and oxygen atoms in total. The van der Waals surface area contributed by atoms with Gasteiger partial charge in [-0.25, -0.2) is 4.79 Å². The summed E-state index contributed by atoms with van der Waals surface area (Å²) in [7, 11) is 0. The predicted octanol–water partition coefficient (Wildman–Crippen LogP) is 4.42. The number of ether oxygens (including phenoxy) is 1. The molecule has 1 rings (SSSR count). The highest BCUT2D eigenvalue weighted by molar-refractivity contribution is 5.68. The van der Waals surface area contributed by atoms with E-state index in [4.69, 9.17) is 4.74 Å². The van der Waals surface area contributed by atoms with Crippen LogP contribution in [-0.2, 0) is 4.74 Å². The van der Waals surface area contributed by atoms with Crippen molar-refractivity contribution in [2.24, 2.45) is 0 Å². The maximum atomic E-state index is 12.1. The number of rotatable bonds is 8. The first-order valence-electron chi connectivity index (χ1n) is 8.59. The molecule has 1 aromatic carbocycles. The van der Waals surface area contributed by atoms with Gasteiger partial charge in [-0.3, -0.25) is 0 Å². The number of carbonyl (C=O) groups excluding carboxylic acids is 1. The Kier molecular flexibility index (Phi) is 8.10. The summed E-state index contributed by atoms with van der Waals surface area (Å²) < 4.78 is 5.39. The lowest BCUT2D eigenvalue weighted by molar-refractivity contribution is 0.0501. The molecule has 0 fully saturated rings. The number of benzene rings is 1. The average molecular weight is 320 g/mol. The Labute approximate surface area is 141 Å². The Bertz CT molecular complexity index is 454. The molecule has 2 atom stereocenters. The van der Waals surface area contributed by atoms with E-state index in [0.717, 1.165) is 24.9 Å². The quantitative estimate of drug-likeness (QED) is 0.745. The molecular formula is C19H32N2O2. The van der Waals surface area contributed by atoms with Crippen LogP contribution in [0.25, 0.3) is 0 Å². The summed E-state index contributed by atoms with van der Waals surface area (Å²) in [5, 5.41) is 6.51. The van der Waals surface area contributed by atoms with Gasteiger partial charge in [-0.1, -0.05) is 43.7 Å². The lowest BCUT2D eigenvalue weighted by Gasteiger charge is -2.24. The van der Waals surface area contributed by atoms with Crippen LogP contribution in [0.1, 0.15) is 65.5 Å². The smallest absolute Gasteiger partial charge is 0.408 e. The minimum atomic E-state index is -0.487. The Balaban J connectivity index is 2.62. The standard InChI is InChI=1S/C19H32N2O2/c1-6-10-15(2)20-14-13-17(16-11-8-7-9-12-16)21-18(22)23-19(3,4)5/h7-9,11-12,15,17,20H,6,10,13-14H2,1-5H3,(H,21,22). The van der Waals surface area contributed by atoms with Gasteiger partial charge in [-0.15, -0.1) is 0 Å². The molecule has 2 unspecified atom stereocenters. The highest BCUT2D eigenvalue weighted by Gasteiger charge is 2.20. The normalized spacial score (nSPS) is 14.1. The molecule has 2 N–H and O–H groups in total. The highest BCUT2D eigenvalue weighted by atomic mass is 16.6. The van der Waals surface area contributed by atoms with Gasteiger partial charge < -0.3 is 15.4 Å². The molecule has 0 heterocycles. The highest BCUT2D eigenvalue weighted by Crippen LogP contribution is 2.17. The van der Waals surface area contributed by atoms with Crippen LogP contribution in [0.2, 0.25) is 0 Å². The Morgan fingerprint density at radius 2 is 1.83 bits per heavy atom. The van der Waals surface area contributed by atoms with Gasteiger partial charge in [0.05, 0.1) is 6.04 Å². The van der Waals surface area contributed by atoms with Crippen molar-refractivity contribution in [2.75, 3.05) is 6.54 Å². The molecule has 0 radical (unpaired) electrons.